The summed E-state index contributed by atoms with van der Waals surface area (Å²) in [6.07, 6.45) is 0. The molecule has 1 atom stereocenters. The first-order valence-corrected chi connectivity index (χ1v) is 3.89. The predicted molar refractivity (Wildman–Crippen MR) is 35.1 cm³/mol. The largest absolute Gasteiger partial charge is 1.00 e. The molecule has 0 radical (unpaired) electrons. The minimum atomic E-state index is -2.71. The molecular formula is C6H6KO2P. The molecule has 10 heavy (non-hydrogen) atoms. The number of hydrogen-bond donors (Lipinski definition) is 0. The fraction of sp³-hybridized carbons (Fsp3) is 0. The standard InChI is InChI=1S/C6H7O2P.K/c7-9(8)6-4-2-1-3-5-6;/h1-5,9H,(H,7,8);/q;+1/p-1. The molecule has 4 heteroatoms. The fourth-order valence-corrected chi connectivity index (χ4v) is 1.04. The molecule has 0 aliphatic heterocycles. The Bertz CT molecular complexity index is 212. The van der Waals surface area contributed by atoms with Crippen LogP contribution in [0.3, 0.4) is 0 Å². The van der Waals surface area contributed by atoms with Gasteiger partial charge in [0.05, 0.1) is 0 Å². The SMILES string of the molecule is O=[PH]([O-])c1ccccc1.[K+]. The number of rotatable bonds is 1. The Labute approximate surface area is 103 Å². The zero-order valence-corrected chi connectivity index (χ0v) is 9.83. The van der Waals surface area contributed by atoms with Gasteiger partial charge in [-0.25, -0.2) is 0 Å². The molecule has 48 valence electrons. The molecule has 0 heterocycles. The van der Waals surface area contributed by atoms with Gasteiger partial charge >= 0.3 is 51.4 Å². The summed E-state index contributed by atoms with van der Waals surface area (Å²) in [5, 5.41) is 0.405. The van der Waals surface area contributed by atoms with E-state index < -0.39 is 8.03 Å². The van der Waals surface area contributed by atoms with Crippen LogP contribution in [0.15, 0.2) is 30.3 Å². The van der Waals surface area contributed by atoms with E-state index >= 15 is 0 Å². The van der Waals surface area contributed by atoms with Crippen LogP contribution < -0.4 is 61.6 Å². The van der Waals surface area contributed by atoms with E-state index in [1.165, 1.54) is 0 Å². The Morgan fingerprint density at radius 3 is 2.00 bits per heavy atom. The quantitative estimate of drug-likeness (QED) is 0.345. The average molecular weight is 180 g/mol. The molecule has 0 bridgehead atoms. The molecule has 0 amide bonds. The minimum absolute atomic E-state index is 0. The van der Waals surface area contributed by atoms with Crippen molar-refractivity contribution in [1.29, 1.82) is 0 Å². The van der Waals surface area contributed by atoms with Gasteiger partial charge in [-0.15, -0.1) is 0 Å². The van der Waals surface area contributed by atoms with E-state index in [0.717, 1.165) is 0 Å². The second-order valence-corrected chi connectivity index (χ2v) is 2.81. The van der Waals surface area contributed by atoms with E-state index in [9.17, 15) is 9.46 Å². The Kier molecular flexibility index (Phi) is 6.26. The maximum Gasteiger partial charge on any atom is 1.00 e. The first-order valence-electron chi connectivity index (χ1n) is 2.57. The maximum atomic E-state index is 10.3. The van der Waals surface area contributed by atoms with Gasteiger partial charge in [-0.3, -0.25) is 0 Å². The van der Waals surface area contributed by atoms with Crippen molar-refractivity contribution < 1.29 is 60.8 Å². The van der Waals surface area contributed by atoms with Crippen molar-refractivity contribution in [3.05, 3.63) is 30.3 Å². The van der Waals surface area contributed by atoms with Crippen LogP contribution in [0.4, 0.5) is 0 Å². The summed E-state index contributed by atoms with van der Waals surface area (Å²) in [6.45, 7) is 0. The van der Waals surface area contributed by atoms with Crippen LogP contribution in [0.25, 0.3) is 0 Å². The molecule has 1 aromatic rings. The molecule has 2 nitrogen and oxygen atoms in total. The van der Waals surface area contributed by atoms with Gasteiger partial charge in [-0.05, 0) is 5.30 Å². The van der Waals surface area contributed by atoms with Crippen molar-refractivity contribution in [3.8, 4) is 0 Å². The van der Waals surface area contributed by atoms with Gasteiger partial charge in [0, 0.05) is 8.03 Å². The molecule has 0 aliphatic rings. The maximum absolute atomic E-state index is 10.3. The monoisotopic (exact) mass is 180 g/mol. The molecule has 0 spiro atoms. The third-order valence-electron chi connectivity index (χ3n) is 1.01. The summed E-state index contributed by atoms with van der Waals surface area (Å²) >= 11 is 0. The van der Waals surface area contributed by atoms with Crippen LogP contribution in [0.1, 0.15) is 0 Å². The zero-order chi connectivity index (χ0) is 6.69. The number of benzene rings is 1. The van der Waals surface area contributed by atoms with Crippen LogP contribution >= 0.6 is 8.03 Å². The summed E-state index contributed by atoms with van der Waals surface area (Å²) in [6, 6.07) is 8.35. The van der Waals surface area contributed by atoms with Gasteiger partial charge in [0.1, 0.15) is 0 Å². The van der Waals surface area contributed by atoms with Gasteiger partial charge in [0.25, 0.3) is 0 Å². The Morgan fingerprint density at radius 1 is 1.20 bits per heavy atom. The molecule has 0 aliphatic carbocycles. The molecule has 1 aromatic carbocycles. The normalized spacial score (nSPS) is 11.7. The second kappa shape index (κ2) is 5.67. The van der Waals surface area contributed by atoms with Crippen LogP contribution in [-0.4, -0.2) is 0 Å². The van der Waals surface area contributed by atoms with Crippen molar-refractivity contribution >= 4 is 13.3 Å². The predicted octanol–water partition coefficient (Wildman–Crippen LogP) is -2.85. The van der Waals surface area contributed by atoms with Crippen molar-refractivity contribution in [2.24, 2.45) is 0 Å². The van der Waals surface area contributed by atoms with Crippen molar-refractivity contribution in [3.63, 3.8) is 0 Å². The summed E-state index contributed by atoms with van der Waals surface area (Å²) in [4.78, 5) is 10.3. The van der Waals surface area contributed by atoms with Crippen molar-refractivity contribution in [1.82, 2.24) is 0 Å². The van der Waals surface area contributed by atoms with Gasteiger partial charge < -0.3 is 9.46 Å². The van der Waals surface area contributed by atoms with Gasteiger partial charge in [0.2, 0.25) is 0 Å². The van der Waals surface area contributed by atoms with Crippen molar-refractivity contribution in [2.75, 3.05) is 0 Å². The molecular weight excluding hydrogens is 174 g/mol. The van der Waals surface area contributed by atoms with E-state index in [0.29, 0.717) is 5.30 Å². The first kappa shape index (κ1) is 11.0. The van der Waals surface area contributed by atoms with Gasteiger partial charge in [-0.1, -0.05) is 30.3 Å². The summed E-state index contributed by atoms with van der Waals surface area (Å²) in [5.41, 5.74) is 0. The third-order valence-corrected chi connectivity index (χ3v) is 1.81. The molecule has 0 fully saturated rings. The van der Waals surface area contributed by atoms with E-state index in [1.54, 1.807) is 30.3 Å². The van der Waals surface area contributed by atoms with E-state index in [4.69, 9.17) is 0 Å². The van der Waals surface area contributed by atoms with E-state index in [2.05, 4.69) is 0 Å². The second-order valence-electron chi connectivity index (χ2n) is 1.65. The topological polar surface area (TPSA) is 40.1 Å². The van der Waals surface area contributed by atoms with Crippen LogP contribution in [0, 0.1) is 0 Å². The third kappa shape index (κ3) is 3.44. The summed E-state index contributed by atoms with van der Waals surface area (Å²) in [5.74, 6) is 0. The zero-order valence-electron chi connectivity index (χ0n) is 5.70. The van der Waals surface area contributed by atoms with E-state index in [1.807, 2.05) is 0 Å². The summed E-state index contributed by atoms with van der Waals surface area (Å²) < 4.78 is 10.3. The van der Waals surface area contributed by atoms with E-state index in [-0.39, 0.29) is 51.4 Å². The Morgan fingerprint density at radius 2 is 1.70 bits per heavy atom. The number of hydrogen-bond acceptors (Lipinski definition) is 2. The smallest absolute Gasteiger partial charge is 0.798 e. The average Bonchev–Trinajstić information content (AvgIpc) is 1.90. The van der Waals surface area contributed by atoms with Gasteiger partial charge in [0.15, 0.2) is 0 Å². The fourth-order valence-electron chi connectivity index (χ4n) is 0.574. The Hall–Kier alpha value is 1.05. The molecule has 1 unspecified atom stereocenters. The Balaban J connectivity index is 0.000000810. The minimum Gasteiger partial charge on any atom is -0.798 e. The van der Waals surface area contributed by atoms with Gasteiger partial charge in [-0.2, -0.15) is 0 Å². The summed E-state index contributed by atoms with van der Waals surface area (Å²) in [7, 11) is -2.71. The van der Waals surface area contributed by atoms with Crippen molar-refractivity contribution in [2.45, 2.75) is 0 Å². The van der Waals surface area contributed by atoms with Crippen LogP contribution in [0.2, 0.25) is 0 Å². The molecule has 0 N–H and O–H groups in total. The molecule has 0 saturated heterocycles. The van der Waals surface area contributed by atoms with Crippen LogP contribution in [0.5, 0.6) is 0 Å². The molecule has 0 saturated carbocycles. The molecule has 0 aromatic heterocycles. The first-order chi connectivity index (χ1) is 4.30. The molecule has 1 rings (SSSR count). The van der Waals surface area contributed by atoms with Crippen LogP contribution in [-0.2, 0) is 4.57 Å².